The molecule has 0 N–H and O–H groups in total. The Hall–Kier alpha value is 0.0600. The summed E-state index contributed by atoms with van der Waals surface area (Å²) in [5, 5.41) is 0. The topological polar surface area (TPSA) is 0 Å². The first-order chi connectivity index (χ1) is 11.1. The maximum Gasteiger partial charge on any atom is 2.00 e. The average Bonchev–Trinajstić information content (AvgIpc) is 3.13. The van der Waals surface area contributed by atoms with Crippen LogP contribution in [-0.4, -0.2) is 9.52 Å². The van der Waals surface area contributed by atoms with Gasteiger partial charge in [0.15, 0.2) is 0 Å². The van der Waals surface area contributed by atoms with Crippen LogP contribution in [-0.2, 0) is 26.2 Å². The van der Waals surface area contributed by atoms with Crippen molar-refractivity contribution in [2.75, 3.05) is 0 Å². The molecule has 0 nitrogen and oxygen atoms in total. The second-order valence-electron chi connectivity index (χ2n) is 6.46. The van der Waals surface area contributed by atoms with Crippen molar-refractivity contribution in [2.45, 2.75) is 92.2 Å². The van der Waals surface area contributed by atoms with Gasteiger partial charge in [0.2, 0.25) is 0 Å². The van der Waals surface area contributed by atoms with E-state index in [1.54, 1.807) is 0 Å². The van der Waals surface area contributed by atoms with E-state index in [1.165, 1.54) is 60.8 Å². The van der Waals surface area contributed by atoms with Gasteiger partial charge < -0.3 is 0 Å². The van der Waals surface area contributed by atoms with E-state index in [2.05, 4.69) is 65.1 Å². The van der Waals surface area contributed by atoms with E-state index in [0.717, 1.165) is 22.4 Å². The largest absolute Gasteiger partial charge is 2.00 e. The fourth-order valence-electron chi connectivity index (χ4n) is 2.37. The van der Waals surface area contributed by atoms with Gasteiger partial charge in [-0.2, -0.15) is 11.1 Å². The summed E-state index contributed by atoms with van der Waals surface area (Å²) >= 11 is 0. The minimum absolute atomic E-state index is 0. The van der Waals surface area contributed by atoms with Gasteiger partial charge in [0, 0.05) is 9.52 Å². The molecule has 0 aromatic heterocycles. The Morgan fingerprint density at radius 3 is 1.38 bits per heavy atom. The van der Waals surface area contributed by atoms with E-state index in [0.29, 0.717) is 0 Å². The molecule has 2 aliphatic rings. The van der Waals surface area contributed by atoms with Gasteiger partial charge >= 0.3 is 26.2 Å². The first-order valence-corrected chi connectivity index (χ1v) is 11.7. The van der Waals surface area contributed by atoms with E-state index in [9.17, 15) is 0 Å². The molecule has 2 aliphatic carbocycles. The van der Waals surface area contributed by atoms with Crippen molar-refractivity contribution < 1.29 is 26.2 Å². The van der Waals surface area contributed by atoms with Gasteiger partial charge in [-0.1, -0.05) is 92.2 Å². The third kappa shape index (κ3) is 14.4. The number of allylic oxidation sites excluding steroid dienone is 8. The van der Waals surface area contributed by atoms with Crippen molar-refractivity contribution in [3.05, 3.63) is 46.6 Å². The summed E-state index contributed by atoms with van der Waals surface area (Å²) in [5.41, 5.74) is 5.65. The van der Waals surface area contributed by atoms with Crippen LogP contribution in [0.1, 0.15) is 79.1 Å². The van der Waals surface area contributed by atoms with Crippen molar-refractivity contribution in [2.24, 2.45) is 0 Å². The summed E-state index contributed by atoms with van der Waals surface area (Å²) in [4.78, 5) is 0. The molecule has 0 amide bonds. The molecule has 0 spiro atoms. The normalized spacial score (nSPS) is 14.9. The zero-order valence-corrected chi connectivity index (χ0v) is 20.5. The van der Waals surface area contributed by atoms with E-state index < -0.39 is 0 Å². The molecule has 0 bridgehead atoms. The van der Waals surface area contributed by atoms with Crippen LogP contribution in [0.2, 0.25) is 13.1 Å². The van der Waals surface area contributed by atoms with E-state index in [-0.39, 0.29) is 26.2 Å². The van der Waals surface area contributed by atoms with Crippen LogP contribution in [0, 0.1) is 12.2 Å². The molecule has 2 heteroatoms. The van der Waals surface area contributed by atoms with Crippen LogP contribution in [0.15, 0.2) is 34.4 Å². The van der Waals surface area contributed by atoms with Gasteiger partial charge in [-0.15, -0.1) is 0 Å². The molecule has 0 aliphatic heterocycles. The summed E-state index contributed by atoms with van der Waals surface area (Å²) in [6.45, 7) is 13.2. The standard InChI is InChI=1S/2C10H15.C2H7Si.Zr/c2*1-3-4-5-10-7-6-9(2)8-10;1-3-2;/h2*7H,3-6H2,1-2H3;3H,1-2H3;/q2*-1;;+2. The van der Waals surface area contributed by atoms with E-state index >= 15 is 0 Å². The zero-order chi connectivity index (χ0) is 17.5. The minimum atomic E-state index is 0. The molecule has 133 valence electrons. The molecule has 0 heterocycles. The second kappa shape index (κ2) is 17.9. The first-order valence-electron chi connectivity index (χ1n) is 9.38. The van der Waals surface area contributed by atoms with Gasteiger partial charge in [-0.25, -0.2) is 35.5 Å². The van der Waals surface area contributed by atoms with Gasteiger partial charge in [0.05, 0.1) is 0 Å². The molecule has 0 atom stereocenters. The van der Waals surface area contributed by atoms with E-state index in [4.69, 9.17) is 0 Å². The summed E-state index contributed by atoms with van der Waals surface area (Å²) in [6, 6.07) is 0. The quantitative estimate of drug-likeness (QED) is 0.319. The number of unbranched alkanes of at least 4 members (excludes halogenated alkanes) is 2. The van der Waals surface area contributed by atoms with Crippen molar-refractivity contribution in [3.8, 4) is 0 Å². The Bertz CT molecular complexity index is 387. The van der Waals surface area contributed by atoms with Crippen LogP contribution in [0.3, 0.4) is 0 Å². The number of rotatable bonds is 6. The second-order valence-corrected chi connectivity index (χ2v) is 7.62. The molecular weight excluding hydrogens is 384 g/mol. The molecule has 0 saturated carbocycles. The Balaban J connectivity index is 0. The van der Waals surface area contributed by atoms with Gasteiger partial charge in [0.25, 0.3) is 0 Å². The molecular formula is C22H37SiZr. The molecule has 1 radical (unpaired) electrons. The summed E-state index contributed by atoms with van der Waals surface area (Å²) in [7, 11) is 0.750. The SMILES string of the molecule is CCCCC1=CCC(C)=[C-]1.CCCCC1=CCC(C)=[C-]1.C[SiH]C.[Zr+2]. The predicted molar refractivity (Wildman–Crippen MR) is 108 cm³/mol. The maximum atomic E-state index is 3.37. The van der Waals surface area contributed by atoms with Crippen LogP contribution < -0.4 is 0 Å². The Kier molecular flexibility index (Phi) is 19.6. The smallest absolute Gasteiger partial charge is 0.250 e. The van der Waals surface area contributed by atoms with Crippen molar-refractivity contribution in [1.29, 1.82) is 0 Å². The average molecular weight is 421 g/mol. The third-order valence-electron chi connectivity index (χ3n) is 3.66. The van der Waals surface area contributed by atoms with Gasteiger partial charge in [0.1, 0.15) is 0 Å². The van der Waals surface area contributed by atoms with Crippen LogP contribution in [0.5, 0.6) is 0 Å². The third-order valence-corrected chi connectivity index (χ3v) is 3.66. The molecule has 0 fully saturated rings. The molecule has 0 saturated heterocycles. The van der Waals surface area contributed by atoms with Crippen LogP contribution in [0.25, 0.3) is 0 Å². The summed E-state index contributed by atoms with van der Waals surface area (Å²) in [5.74, 6) is 0. The van der Waals surface area contributed by atoms with Crippen molar-refractivity contribution in [1.82, 2.24) is 0 Å². The molecule has 0 unspecified atom stereocenters. The minimum Gasteiger partial charge on any atom is -0.250 e. The van der Waals surface area contributed by atoms with Gasteiger partial charge in [-0.3, -0.25) is 0 Å². The van der Waals surface area contributed by atoms with E-state index in [1.807, 2.05) is 0 Å². The molecule has 2 rings (SSSR count). The summed E-state index contributed by atoms with van der Waals surface area (Å²) < 4.78 is 0. The van der Waals surface area contributed by atoms with Gasteiger partial charge in [-0.05, 0) is 0 Å². The van der Waals surface area contributed by atoms with Crippen molar-refractivity contribution >= 4 is 9.52 Å². The van der Waals surface area contributed by atoms with Crippen LogP contribution >= 0.6 is 0 Å². The van der Waals surface area contributed by atoms with Crippen LogP contribution in [0.4, 0.5) is 0 Å². The van der Waals surface area contributed by atoms with Crippen molar-refractivity contribution in [3.63, 3.8) is 0 Å². The zero-order valence-electron chi connectivity index (χ0n) is 16.9. The fourth-order valence-corrected chi connectivity index (χ4v) is 2.37. The number of hydrogen-bond donors (Lipinski definition) is 0. The fraction of sp³-hybridized carbons (Fsp3) is 0.636. The first kappa shape index (κ1) is 26.3. The molecule has 0 aromatic carbocycles. The molecule has 24 heavy (non-hydrogen) atoms. The Morgan fingerprint density at radius 2 is 1.17 bits per heavy atom. The summed E-state index contributed by atoms with van der Waals surface area (Å²) in [6.07, 6.45) is 21.3. The Labute approximate surface area is 173 Å². The molecule has 0 aromatic rings. The Morgan fingerprint density at radius 1 is 0.833 bits per heavy atom. The maximum absolute atomic E-state index is 3.37. The predicted octanol–water partition coefficient (Wildman–Crippen LogP) is 7.03. The number of hydrogen-bond acceptors (Lipinski definition) is 0. The monoisotopic (exact) mass is 419 g/mol.